The van der Waals surface area contributed by atoms with Gasteiger partial charge in [-0.25, -0.2) is 0 Å². The maximum atomic E-state index is 11.8. The number of rotatable bonds is 8. The molecule has 1 aliphatic carbocycles. The third-order valence-electron chi connectivity index (χ3n) is 3.42. The molecule has 4 nitrogen and oxygen atoms in total. The maximum absolute atomic E-state index is 11.8. The Morgan fingerprint density at radius 3 is 2.62 bits per heavy atom. The number of benzene rings is 1. The lowest BCUT2D eigenvalue weighted by Crippen LogP contribution is -2.41. The van der Waals surface area contributed by atoms with Gasteiger partial charge in [0.1, 0.15) is 5.75 Å². The summed E-state index contributed by atoms with van der Waals surface area (Å²) in [5.74, 6) is 1.54. The van der Waals surface area contributed by atoms with Crippen molar-refractivity contribution in [3.05, 3.63) is 27.8 Å². The van der Waals surface area contributed by atoms with Crippen molar-refractivity contribution in [2.24, 2.45) is 11.7 Å². The van der Waals surface area contributed by atoms with Gasteiger partial charge in [0, 0.05) is 22.6 Å². The predicted molar refractivity (Wildman–Crippen MR) is 94.8 cm³/mol. The van der Waals surface area contributed by atoms with Gasteiger partial charge in [0.2, 0.25) is 5.91 Å². The van der Waals surface area contributed by atoms with Gasteiger partial charge in [-0.15, -0.1) is 12.4 Å². The molecule has 1 aliphatic rings. The maximum Gasteiger partial charge on any atom is 0.220 e. The van der Waals surface area contributed by atoms with Crippen LogP contribution in [0.25, 0.3) is 0 Å². The lowest BCUT2D eigenvalue weighted by atomic mass is 10.2. The fourth-order valence-electron chi connectivity index (χ4n) is 2.10. The Morgan fingerprint density at radius 2 is 2.05 bits per heavy atom. The SMILES string of the molecule is Cl.NCC(NC(=O)CCCOc1ccc(I)cc1)C1CC1. The average Bonchev–Trinajstić information content (AvgIpc) is 3.27. The average molecular weight is 425 g/mol. The van der Waals surface area contributed by atoms with E-state index in [0.29, 0.717) is 25.5 Å². The molecule has 6 heteroatoms. The molecule has 21 heavy (non-hydrogen) atoms. The molecule has 0 bridgehead atoms. The van der Waals surface area contributed by atoms with Crippen LogP contribution >= 0.6 is 35.0 Å². The van der Waals surface area contributed by atoms with E-state index in [-0.39, 0.29) is 24.4 Å². The first kappa shape index (κ1) is 18.5. The third kappa shape index (κ3) is 6.84. The number of halogens is 2. The van der Waals surface area contributed by atoms with Crippen molar-refractivity contribution in [1.82, 2.24) is 5.32 Å². The second-order valence-corrected chi connectivity index (χ2v) is 6.40. The minimum atomic E-state index is 0. The molecule has 0 spiro atoms. The van der Waals surface area contributed by atoms with Crippen LogP contribution in [0.4, 0.5) is 0 Å². The number of hydrogen-bond donors (Lipinski definition) is 2. The van der Waals surface area contributed by atoms with Crippen molar-refractivity contribution in [3.8, 4) is 5.75 Å². The molecule has 0 radical (unpaired) electrons. The molecule has 118 valence electrons. The molecular weight excluding hydrogens is 403 g/mol. The number of carbonyl (C=O) groups excluding carboxylic acids is 1. The van der Waals surface area contributed by atoms with E-state index in [2.05, 4.69) is 27.9 Å². The molecule has 2 rings (SSSR count). The summed E-state index contributed by atoms with van der Waals surface area (Å²) in [4.78, 5) is 11.8. The fraction of sp³-hybridized carbons (Fsp3) is 0.533. The molecule has 1 aromatic carbocycles. The highest BCUT2D eigenvalue weighted by atomic mass is 127. The van der Waals surface area contributed by atoms with Gasteiger partial charge in [0.15, 0.2) is 0 Å². The van der Waals surface area contributed by atoms with Gasteiger partial charge < -0.3 is 15.8 Å². The van der Waals surface area contributed by atoms with Crippen LogP contribution in [0.1, 0.15) is 25.7 Å². The van der Waals surface area contributed by atoms with E-state index >= 15 is 0 Å². The Morgan fingerprint density at radius 1 is 1.38 bits per heavy atom. The smallest absolute Gasteiger partial charge is 0.220 e. The Balaban J connectivity index is 0.00000220. The molecule has 0 saturated heterocycles. The first-order valence-corrected chi connectivity index (χ1v) is 8.14. The lowest BCUT2D eigenvalue weighted by Gasteiger charge is -2.15. The van der Waals surface area contributed by atoms with Crippen molar-refractivity contribution >= 4 is 40.9 Å². The lowest BCUT2D eigenvalue weighted by molar-refractivity contribution is -0.122. The Bertz CT molecular complexity index is 438. The molecule has 0 aliphatic heterocycles. The van der Waals surface area contributed by atoms with Crippen LogP contribution in [0.3, 0.4) is 0 Å². The van der Waals surface area contributed by atoms with Gasteiger partial charge >= 0.3 is 0 Å². The van der Waals surface area contributed by atoms with Crippen molar-refractivity contribution in [2.75, 3.05) is 13.2 Å². The van der Waals surface area contributed by atoms with Crippen LogP contribution in [0.15, 0.2) is 24.3 Å². The van der Waals surface area contributed by atoms with Crippen LogP contribution in [-0.2, 0) is 4.79 Å². The van der Waals surface area contributed by atoms with Crippen molar-refractivity contribution in [2.45, 2.75) is 31.7 Å². The monoisotopic (exact) mass is 424 g/mol. The van der Waals surface area contributed by atoms with Crippen LogP contribution in [0, 0.1) is 9.49 Å². The van der Waals surface area contributed by atoms with Crippen LogP contribution in [0.2, 0.25) is 0 Å². The first-order chi connectivity index (χ1) is 9.69. The van der Waals surface area contributed by atoms with Crippen molar-refractivity contribution in [1.29, 1.82) is 0 Å². The first-order valence-electron chi connectivity index (χ1n) is 7.07. The van der Waals surface area contributed by atoms with Gasteiger partial charge in [-0.1, -0.05) is 0 Å². The van der Waals surface area contributed by atoms with E-state index in [9.17, 15) is 4.79 Å². The van der Waals surface area contributed by atoms with E-state index in [0.717, 1.165) is 12.2 Å². The third-order valence-corrected chi connectivity index (χ3v) is 4.14. The highest BCUT2D eigenvalue weighted by molar-refractivity contribution is 14.1. The molecule has 1 atom stereocenters. The Hall–Kier alpha value is -0.530. The standard InChI is InChI=1S/C15H21IN2O2.ClH/c16-12-5-7-13(8-6-12)20-9-1-2-15(19)18-14(10-17)11-3-4-11;/h5-8,11,14H,1-4,9-10,17H2,(H,18,19);1H. The summed E-state index contributed by atoms with van der Waals surface area (Å²) in [6, 6.07) is 8.06. The van der Waals surface area contributed by atoms with E-state index in [4.69, 9.17) is 10.5 Å². The predicted octanol–water partition coefficient (Wildman–Crippen LogP) is 2.73. The van der Waals surface area contributed by atoms with Gasteiger partial charge in [-0.2, -0.15) is 0 Å². The molecule has 1 aromatic rings. The zero-order valence-electron chi connectivity index (χ0n) is 11.9. The molecule has 1 unspecified atom stereocenters. The molecular formula is C15H22ClIN2O2. The Labute approximate surface area is 145 Å². The highest BCUT2D eigenvalue weighted by Crippen LogP contribution is 2.32. The van der Waals surface area contributed by atoms with Gasteiger partial charge in [0.25, 0.3) is 0 Å². The van der Waals surface area contributed by atoms with Crippen LogP contribution < -0.4 is 15.8 Å². The van der Waals surface area contributed by atoms with Gasteiger partial charge in [-0.3, -0.25) is 4.79 Å². The second-order valence-electron chi connectivity index (χ2n) is 5.15. The summed E-state index contributed by atoms with van der Waals surface area (Å²) in [5.41, 5.74) is 5.66. The topological polar surface area (TPSA) is 64.3 Å². The number of nitrogens with two attached hydrogens (primary N) is 1. The molecule has 0 aromatic heterocycles. The number of nitrogens with one attached hydrogen (secondary N) is 1. The number of hydrogen-bond acceptors (Lipinski definition) is 3. The fourth-order valence-corrected chi connectivity index (χ4v) is 2.46. The highest BCUT2D eigenvalue weighted by Gasteiger charge is 2.30. The summed E-state index contributed by atoms with van der Waals surface area (Å²) in [5, 5.41) is 3.01. The molecule has 1 fully saturated rings. The summed E-state index contributed by atoms with van der Waals surface area (Å²) in [6.45, 7) is 1.10. The molecule has 0 heterocycles. The van der Waals surface area contributed by atoms with E-state index in [1.807, 2.05) is 24.3 Å². The van der Waals surface area contributed by atoms with Crippen molar-refractivity contribution < 1.29 is 9.53 Å². The summed E-state index contributed by atoms with van der Waals surface area (Å²) < 4.78 is 6.78. The van der Waals surface area contributed by atoms with E-state index in [1.165, 1.54) is 16.4 Å². The number of ether oxygens (including phenoxy) is 1. The van der Waals surface area contributed by atoms with Crippen molar-refractivity contribution in [3.63, 3.8) is 0 Å². The number of carbonyl (C=O) groups is 1. The van der Waals surface area contributed by atoms with Gasteiger partial charge in [0.05, 0.1) is 6.61 Å². The largest absolute Gasteiger partial charge is 0.494 e. The van der Waals surface area contributed by atoms with Gasteiger partial charge in [-0.05, 0) is 72.0 Å². The van der Waals surface area contributed by atoms with E-state index < -0.39 is 0 Å². The van der Waals surface area contributed by atoms with Crippen LogP contribution in [-0.4, -0.2) is 25.1 Å². The summed E-state index contributed by atoms with van der Waals surface area (Å²) in [6.07, 6.45) is 3.60. The summed E-state index contributed by atoms with van der Waals surface area (Å²) in [7, 11) is 0. The normalized spacial score (nSPS) is 15.0. The number of amides is 1. The quantitative estimate of drug-likeness (QED) is 0.498. The molecule has 1 saturated carbocycles. The van der Waals surface area contributed by atoms with E-state index in [1.54, 1.807) is 0 Å². The minimum absolute atomic E-state index is 0. The minimum Gasteiger partial charge on any atom is -0.494 e. The zero-order valence-corrected chi connectivity index (χ0v) is 14.9. The second kappa shape index (κ2) is 9.48. The van der Waals surface area contributed by atoms with Crippen LogP contribution in [0.5, 0.6) is 5.75 Å². The Kier molecular flexibility index (Phi) is 8.36. The zero-order chi connectivity index (χ0) is 14.4. The molecule has 3 N–H and O–H groups in total. The summed E-state index contributed by atoms with van der Waals surface area (Å²) >= 11 is 2.26. The molecule has 1 amide bonds.